The van der Waals surface area contributed by atoms with Crippen LogP contribution in [-0.2, 0) is 6.42 Å². The van der Waals surface area contributed by atoms with E-state index >= 15 is 0 Å². The average Bonchev–Trinajstić information content (AvgIpc) is 3.42. The van der Waals surface area contributed by atoms with E-state index in [0.717, 1.165) is 33.2 Å². The SMILES string of the molecule is CC(C)c1cc(C(=O)N2CCc3ccccc32)nn1-c1nc2ccccc2s1. The number of hydrogen-bond acceptors (Lipinski definition) is 4. The van der Waals surface area contributed by atoms with E-state index < -0.39 is 0 Å². The van der Waals surface area contributed by atoms with Crippen molar-refractivity contribution in [1.29, 1.82) is 0 Å². The molecule has 0 atom stereocenters. The molecule has 4 aromatic rings. The summed E-state index contributed by atoms with van der Waals surface area (Å²) in [6, 6.07) is 18.1. The second kappa shape index (κ2) is 6.56. The van der Waals surface area contributed by atoms with Crippen molar-refractivity contribution in [3.8, 4) is 5.13 Å². The van der Waals surface area contributed by atoms with Gasteiger partial charge in [-0.25, -0.2) is 9.67 Å². The van der Waals surface area contributed by atoms with Gasteiger partial charge in [-0.2, -0.15) is 5.10 Å². The molecule has 2 aromatic carbocycles. The Hall–Kier alpha value is -2.99. The zero-order valence-electron chi connectivity index (χ0n) is 15.8. The topological polar surface area (TPSA) is 51.0 Å². The highest BCUT2D eigenvalue weighted by Crippen LogP contribution is 2.31. The Labute approximate surface area is 167 Å². The summed E-state index contributed by atoms with van der Waals surface area (Å²) in [6.45, 7) is 4.92. The van der Waals surface area contributed by atoms with Gasteiger partial charge in [0.15, 0.2) is 5.69 Å². The van der Waals surface area contributed by atoms with Crippen molar-refractivity contribution in [2.45, 2.75) is 26.2 Å². The van der Waals surface area contributed by atoms with Crippen molar-refractivity contribution >= 4 is 33.1 Å². The van der Waals surface area contributed by atoms with Crippen molar-refractivity contribution < 1.29 is 4.79 Å². The van der Waals surface area contributed by atoms with E-state index in [2.05, 4.69) is 31.1 Å². The Morgan fingerprint density at radius 2 is 1.89 bits per heavy atom. The Morgan fingerprint density at radius 1 is 1.11 bits per heavy atom. The molecule has 0 unspecified atom stereocenters. The van der Waals surface area contributed by atoms with E-state index in [9.17, 15) is 4.79 Å². The van der Waals surface area contributed by atoms with Crippen LogP contribution < -0.4 is 4.90 Å². The Bertz CT molecular complexity index is 1160. The predicted octanol–water partition coefficient (Wildman–Crippen LogP) is 4.81. The standard InChI is InChI=1S/C22H20N4OS/c1-14(2)19-13-17(21(27)25-12-11-15-7-3-5-9-18(15)25)24-26(19)22-23-16-8-4-6-10-20(16)28-22/h3-10,13-14H,11-12H2,1-2H3. The maximum atomic E-state index is 13.2. The first-order chi connectivity index (χ1) is 13.6. The number of carbonyl (C=O) groups is 1. The number of fused-ring (bicyclic) bond motifs is 2. The van der Waals surface area contributed by atoms with Crippen LogP contribution >= 0.6 is 11.3 Å². The molecule has 0 bridgehead atoms. The van der Waals surface area contributed by atoms with Gasteiger partial charge in [0.2, 0.25) is 5.13 Å². The predicted molar refractivity (Wildman–Crippen MR) is 113 cm³/mol. The van der Waals surface area contributed by atoms with Gasteiger partial charge in [0.1, 0.15) is 0 Å². The lowest BCUT2D eigenvalue weighted by molar-refractivity contribution is 0.0984. The smallest absolute Gasteiger partial charge is 0.278 e. The van der Waals surface area contributed by atoms with Crippen molar-refractivity contribution in [2.75, 3.05) is 11.4 Å². The number of carbonyl (C=O) groups excluding carboxylic acids is 1. The molecule has 2 aromatic heterocycles. The molecule has 6 heteroatoms. The van der Waals surface area contributed by atoms with Gasteiger partial charge in [-0.05, 0) is 42.2 Å². The number of amides is 1. The fraction of sp³-hybridized carbons (Fsp3) is 0.227. The Morgan fingerprint density at radius 3 is 2.71 bits per heavy atom. The minimum Gasteiger partial charge on any atom is -0.306 e. The van der Waals surface area contributed by atoms with Crippen LogP contribution in [0.25, 0.3) is 15.3 Å². The third-order valence-electron chi connectivity index (χ3n) is 5.14. The molecule has 5 rings (SSSR count). The number of aromatic nitrogens is 3. The summed E-state index contributed by atoms with van der Waals surface area (Å²) in [5.41, 5.74) is 4.63. The zero-order valence-corrected chi connectivity index (χ0v) is 16.6. The number of benzene rings is 2. The van der Waals surface area contributed by atoms with Crippen LogP contribution in [0.2, 0.25) is 0 Å². The first-order valence-corrected chi connectivity index (χ1v) is 10.3. The van der Waals surface area contributed by atoms with Gasteiger partial charge in [0.05, 0.1) is 15.9 Å². The van der Waals surface area contributed by atoms with E-state index in [4.69, 9.17) is 4.98 Å². The third kappa shape index (κ3) is 2.72. The molecule has 1 amide bonds. The first kappa shape index (κ1) is 17.1. The number of rotatable bonds is 3. The highest BCUT2D eigenvalue weighted by molar-refractivity contribution is 7.20. The van der Waals surface area contributed by atoms with Gasteiger partial charge in [-0.3, -0.25) is 4.79 Å². The highest BCUT2D eigenvalue weighted by Gasteiger charge is 2.28. The molecule has 5 nitrogen and oxygen atoms in total. The van der Waals surface area contributed by atoms with E-state index in [1.54, 1.807) is 11.3 Å². The number of thiazole rings is 1. The molecule has 0 saturated carbocycles. The quantitative estimate of drug-likeness (QED) is 0.506. The molecule has 140 valence electrons. The summed E-state index contributed by atoms with van der Waals surface area (Å²) in [5.74, 6) is 0.179. The van der Waals surface area contributed by atoms with Crippen LogP contribution in [0.4, 0.5) is 5.69 Å². The van der Waals surface area contributed by atoms with Crippen molar-refractivity contribution in [3.63, 3.8) is 0 Å². The number of nitrogens with zero attached hydrogens (tertiary/aromatic N) is 4. The van der Waals surface area contributed by atoms with Crippen molar-refractivity contribution in [2.24, 2.45) is 0 Å². The van der Waals surface area contributed by atoms with Gasteiger partial charge in [-0.1, -0.05) is 55.5 Å². The normalized spacial score (nSPS) is 13.5. The molecule has 0 N–H and O–H groups in total. The molecule has 1 aliphatic rings. The summed E-state index contributed by atoms with van der Waals surface area (Å²) in [7, 11) is 0. The molecule has 1 aliphatic heterocycles. The van der Waals surface area contributed by atoms with Crippen LogP contribution in [0.1, 0.15) is 41.5 Å². The summed E-state index contributed by atoms with van der Waals surface area (Å²) in [6.07, 6.45) is 0.886. The van der Waals surface area contributed by atoms with Gasteiger partial charge in [0.25, 0.3) is 5.91 Å². The zero-order chi connectivity index (χ0) is 19.3. The van der Waals surface area contributed by atoms with Crippen LogP contribution in [-0.4, -0.2) is 27.2 Å². The number of para-hydroxylation sites is 2. The van der Waals surface area contributed by atoms with Crippen LogP contribution in [0, 0.1) is 0 Å². The minimum atomic E-state index is -0.0493. The van der Waals surface area contributed by atoms with Gasteiger partial charge < -0.3 is 4.90 Å². The fourth-order valence-electron chi connectivity index (χ4n) is 3.70. The largest absolute Gasteiger partial charge is 0.306 e. The molecule has 0 radical (unpaired) electrons. The Kier molecular flexibility index (Phi) is 4.02. The maximum absolute atomic E-state index is 13.2. The molecular formula is C22H20N4OS. The second-order valence-corrected chi connectivity index (χ2v) is 8.33. The summed E-state index contributed by atoms with van der Waals surface area (Å²) < 4.78 is 2.95. The molecule has 28 heavy (non-hydrogen) atoms. The first-order valence-electron chi connectivity index (χ1n) is 9.47. The van der Waals surface area contributed by atoms with Gasteiger partial charge in [-0.15, -0.1) is 0 Å². The molecule has 0 aliphatic carbocycles. The van der Waals surface area contributed by atoms with E-state index in [0.29, 0.717) is 12.2 Å². The Balaban J connectivity index is 1.57. The van der Waals surface area contributed by atoms with Crippen LogP contribution in [0.15, 0.2) is 54.6 Å². The average molecular weight is 388 g/mol. The minimum absolute atomic E-state index is 0.0493. The molecule has 3 heterocycles. The lowest BCUT2D eigenvalue weighted by atomic mass is 10.1. The lowest BCUT2D eigenvalue weighted by Crippen LogP contribution is -2.29. The molecule has 0 saturated heterocycles. The van der Waals surface area contributed by atoms with Gasteiger partial charge in [0, 0.05) is 12.2 Å². The third-order valence-corrected chi connectivity index (χ3v) is 6.16. The summed E-state index contributed by atoms with van der Waals surface area (Å²) in [4.78, 5) is 19.8. The molecule has 0 fully saturated rings. The van der Waals surface area contributed by atoms with Crippen molar-refractivity contribution in [1.82, 2.24) is 14.8 Å². The molecule has 0 spiro atoms. The lowest BCUT2D eigenvalue weighted by Gasteiger charge is -2.15. The monoisotopic (exact) mass is 388 g/mol. The number of hydrogen-bond donors (Lipinski definition) is 0. The molecular weight excluding hydrogens is 368 g/mol. The van der Waals surface area contributed by atoms with Gasteiger partial charge >= 0.3 is 0 Å². The van der Waals surface area contributed by atoms with Crippen molar-refractivity contribution in [3.05, 3.63) is 71.5 Å². The highest BCUT2D eigenvalue weighted by atomic mass is 32.1. The fourth-order valence-corrected chi connectivity index (χ4v) is 4.64. The van der Waals surface area contributed by atoms with E-state index in [-0.39, 0.29) is 11.8 Å². The maximum Gasteiger partial charge on any atom is 0.278 e. The number of anilines is 1. The summed E-state index contributed by atoms with van der Waals surface area (Å²) in [5, 5.41) is 5.48. The second-order valence-electron chi connectivity index (χ2n) is 7.32. The van der Waals surface area contributed by atoms with E-state index in [1.165, 1.54) is 5.56 Å². The van der Waals surface area contributed by atoms with Crippen LogP contribution in [0.3, 0.4) is 0 Å². The summed E-state index contributed by atoms with van der Waals surface area (Å²) >= 11 is 1.59. The van der Waals surface area contributed by atoms with E-state index in [1.807, 2.05) is 52.0 Å². The van der Waals surface area contributed by atoms with Crippen LogP contribution in [0.5, 0.6) is 0 Å².